The van der Waals surface area contributed by atoms with Crippen molar-refractivity contribution in [3.8, 4) is 0 Å². The molecule has 0 bridgehead atoms. The molecule has 0 spiro atoms. The van der Waals surface area contributed by atoms with Crippen LogP contribution in [-0.2, 0) is 19.6 Å². The van der Waals surface area contributed by atoms with Crippen LogP contribution in [0, 0.1) is 0 Å². The molecule has 2 aromatic carbocycles. The van der Waals surface area contributed by atoms with Gasteiger partial charge >= 0.3 is 11.9 Å². The molecule has 39 heavy (non-hydrogen) atoms. The molecule has 0 aromatic heterocycles. The first-order valence-corrected chi connectivity index (χ1v) is 15.5. The lowest BCUT2D eigenvalue weighted by atomic mass is 9.91. The van der Waals surface area contributed by atoms with Crippen LogP contribution in [0.4, 0.5) is 5.69 Å². The average Bonchev–Trinajstić information content (AvgIpc) is 2.91. The Morgan fingerprint density at radius 3 is 1.92 bits per heavy atom. The molecule has 9 nitrogen and oxygen atoms in total. The number of rotatable bonds is 10. The van der Waals surface area contributed by atoms with Gasteiger partial charge in [-0.1, -0.05) is 62.8 Å². The maximum absolute atomic E-state index is 12.8. The first-order valence-electron chi connectivity index (χ1n) is 14.0. The van der Waals surface area contributed by atoms with E-state index in [9.17, 15) is 23.1 Å². The fraction of sp³-hybridized carbons (Fsp3) is 0.586. The summed E-state index contributed by atoms with van der Waals surface area (Å²) >= 11 is 0. The van der Waals surface area contributed by atoms with Crippen LogP contribution in [0.25, 0.3) is 10.8 Å². The second-order valence-electron chi connectivity index (χ2n) is 10.8. The molecule has 4 N–H and O–H groups in total. The molecule has 10 heteroatoms. The highest BCUT2D eigenvalue weighted by molar-refractivity contribution is 7.89. The first-order chi connectivity index (χ1) is 18.6. The van der Waals surface area contributed by atoms with Crippen molar-refractivity contribution in [3.63, 3.8) is 0 Å². The van der Waals surface area contributed by atoms with Crippen molar-refractivity contribution < 1.29 is 28.2 Å². The average molecular weight is 562 g/mol. The van der Waals surface area contributed by atoms with Crippen molar-refractivity contribution in [1.82, 2.24) is 10.0 Å². The number of carboxylic acid groups (broad SMARTS) is 2. The molecule has 0 heterocycles. The molecule has 4 rings (SSSR count). The van der Waals surface area contributed by atoms with Gasteiger partial charge in [0.05, 0.1) is 4.90 Å². The monoisotopic (exact) mass is 561 g/mol. The minimum Gasteiger partial charge on any atom is -0.481 e. The predicted molar refractivity (Wildman–Crippen MR) is 154 cm³/mol. The molecule has 2 aliphatic rings. The van der Waals surface area contributed by atoms with Crippen molar-refractivity contribution in [2.75, 3.05) is 19.0 Å². The van der Waals surface area contributed by atoms with Crippen molar-refractivity contribution in [2.45, 2.75) is 100 Å². The van der Waals surface area contributed by atoms with Crippen molar-refractivity contribution in [3.05, 3.63) is 36.4 Å². The summed E-state index contributed by atoms with van der Waals surface area (Å²) in [6, 6.07) is 10.2. The third kappa shape index (κ3) is 9.19. The van der Waals surface area contributed by atoms with Gasteiger partial charge < -0.3 is 20.4 Å². The SMILES string of the molecule is C1CCC(NC2CCCCC2)CC1.CN(C)c1cccc2c(S(=O)(=O)NC(CCC(=O)O)C(=O)O)cccc12. The number of anilines is 1. The van der Waals surface area contributed by atoms with Crippen LogP contribution in [0.2, 0.25) is 0 Å². The van der Waals surface area contributed by atoms with Crippen LogP contribution in [0.5, 0.6) is 0 Å². The van der Waals surface area contributed by atoms with Gasteiger partial charge in [-0.2, -0.15) is 4.72 Å². The third-order valence-corrected chi connectivity index (χ3v) is 9.08. The summed E-state index contributed by atoms with van der Waals surface area (Å²) in [5, 5.41) is 22.9. The minimum absolute atomic E-state index is 0.0553. The van der Waals surface area contributed by atoms with Gasteiger partial charge in [-0.05, 0) is 44.2 Å². The highest BCUT2D eigenvalue weighted by Crippen LogP contribution is 2.30. The number of fused-ring (bicyclic) bond motifs is 1. The van der Waals surface area contributed by atoms with Gasteiger partial charge in [0.1, 0.15) is 6.04 Å². The normalized spacial score (nSPS) is 17.7. The molecule has 0 saturated heterocycles. The maximum Gasteiger partial charge on any atom is 0.321 e. The third-order valence-electron chi connectivity index (χ3n) is 7.55. The number of benzene rings is 2. The van der Waals surface area contributed by atoms with E-state index in [0.717, 1.165) is 17.8 Å². The predicted octanol–water partition coefficient (Wildman–Crippen LogP) is 4.74. The molecule has 216 valence electrons. The molecular formula is C29H43N3O6S. The topological polar surface area (TPSA) is 136 Å². The summed E-state index contributed by atoms with van der Waals surface area (Å²) in [5.41, 5.74) is 0.820. The summed E-state index contributed by atoms with van der Waals surface area (Å²) in [6.07, 6.45) is 13.8. The van der Waals surface area contributed by atoms with Gasteiger partial charge in [-0.3, -0.25) is 9.59 Å². The van der Waals surface area contributed by atoms with Crippen LogP contribution >= 0.6 is 0 Å². The molecular weight excluding hydrogens is 518 g/mol. The quantitative estimate of drug-likeness (QED) is 0.327. The molecule has 2 fully saturated rings. The first kappa shape index (κ1) is 30.8. The number of hydrogen-bond acceptors (Lipinski definition) is 6. The van der Waals surface area contributed by atoms with E-state index < -0.39 is 34.4 Å². The van der Waals surface area contributed by atoms with E-state index in [0.29, 0.717) is 10.8 Å². The van der Waals surface area contributed by atoms with E-state index >= 15 is 0 Å². The Labute approximate surface area is 232 Å². The fourth-order valence-corrected chi connectivity index (χ4v) is 6.96. The molecule has 2 aliphatic carbocycles. The lowest BCUT2D eigenvalue weighted by Crippen LogP contribution is -2.41. The zero-order valence-electron chi connectivity index (χ0n) is 23.1. The highest BCUT2D eigenvalue weighted by atomic mass is 32.2. The van der Waals surface area contributed by atoms with E-state index in [2.05, 4.69) is 10.0 Å². The van der Waals surface area contributed by atoms with Gasteiger partial charge in [0.2, 0.25) is 10.0 Å². The smallest absolute Gasteiger partial charge is 0.321 e. The Morgan fingerprint density at radius 2 is 1.41 bits per heavy atom. The standard InChI is InChI=1S/C17H20N2O6S.C12H23N/c1-19(2)14-7-3-6-12-11(14)5-4-8-15(12)26(24,25)18-13(17(22)23)9-10-16(20)21;1-3-7-11(8-4-1)13-12-9-5-2-6-10-12/h3-8,13,18H,9-10H2,1-2H3,(H,20,21)(H,22,23);11-13H,1-10H2. The second kappa shape index (κ2) is 14.6. The molecule has 2 saturated carbocycles. The van der Waals surface area contributed by atoms with Gasteiger partial charge in [0.15, 0.2) is 0 Å². The largest absolute Gasteiger partial charge is 0.481 e. The summed E-state index contributed by atoms with van der Waals surface area (Å²) in [7, 11) is -0.496. The number of nitrogens with zero attached hydrogens (tertiary/aromatic N) is 1. The Hall–Kier alpha value is -2.69. The van der Waals surface area contributed by atoms with E-state index in [1.807, 2.05) is 25.1 Å². The molecule has 0 radical (unpaired) electrons. The van der Waals surface area contributed by atoms with Crippen LogP contribution in [-0.4, -0.2) is 62.8 Å². The summed E-state index contributed by atoms with van der Waals surface area (Å²) in [6.45, 7) is 0. The zero-order valence-corrected chi connectivity index (χ0v) is 23.9. The number of carboxylic acids is 2. The lowest BCUT2D eigenvalue weighted by molar-refractivity contribution is -0.140. The number of carbonyl (C=O) groups is 2. The Morgan fingerprint density at radius 1 is 0.872 bits per heavy atom. The van der Waals surface area contributed by atoms with Crippen LogP contribution in [0.15, 0.2) is 41.3 Å². The van der Waals surface area contributed by atoms with E-state index in [1.165, 1.54) is 70.3 Å². The highest BCUT2D eigenvalue weighted by Gasteiger charge is 2.27. The summed E-state index contributed by atoms with van der Waals surface area (Å²) in [5.74, 6) is -2.62. The molecule has 1 unspecified atom stereocenters. The van der Waals surface area contributed by atoms with Crippen LogP contribution in [0.1, 0.15) is 77.0 Å². The number of sulfonamides is 1. The Kier molecular flexibility index (Phi) is 11.6. The fourth-order valence-electron chi connectivity index (χ4n) is 5.51. The van der Waals surface area contributed by atoms with E-state index in [1.54, 1.807) is 24.3 Å². The zero-order chi connectivity index (χ0) is 28.4. The van der Waals surface area contributed by atoms with Crippen LogP contribution in [0.3, 0.4) is 0 Å². The minimum atomic E-state index is -4.16. The van der Waals surface area contributed by atoms with Crippen LogP contribution < -0.4 is 14.9 Å². The van der Waals surface area contributed by atoms with E-state index in [4.69, 9.17) is 5.11 Å². The molecule has 0 aliphatic heterocycles. The lowest BCUT2D eigenvalue weighted by Gasteiger charge is -2.30. The van der Waals surface area contributed by atoms with Crippen molar-refractivity contribution in [2.24, 2.45) is 0 Å². The Balaban J connectivity index is 0.000000268. The molecule has 2 aromatic rings. The molecule has 1 atom stereocenters. The van der Waals surface area contributed by atoms with Gasteiger partial charge in [-0.15, -0.1) is 0 Å². The summed E-state index contributed by atoms with van der Waals surface area (Å²) < 4.78 is 27.6. The Bertz CT molecular complexity index is 1190. The number of nitrogens with one attached hydrogen (secondary N) is 2. The van der Waals surface area contributed by atoms with Crippen molar-refractivity contribution in [1.29, 1.82) is 0 Å². The van der Waals surface area contributed by atoms with Crippen molar-refractivity contribution >= 4 is 38.4 Å². The van der Waals surface area contributed by atoms with Gasteiger partial charge in [0.25, 0.3) is 0 Å². The van der Waals surface area contributed by atoms with Gasteiger partial charge in [0, 0.05) is 49.1 Å². The second-order valence-corrected chi connectivity index (χ2v) is 12.5. The number of aliphatic carboxylic acids is 2. The number of hydrogen-bond donors (Lipinski definition) is 4. The maximum atomic E-state index is 12.8. The van der Waals surface area contributed by atoms with E-state index in [-0.39, 0.29) is 11.3 Å². The summed E-state index contributed by atoms with van der Waals surface area (Å²) in [4.78, 5) is 23.8. The molecule has 0 amide bonds. The van der Waals surface area contributed by atoms with Gasteiger partial charge in [-0.25, -0.2) is 8.42 Å².